The molecule has 3 aromatic heterocycles. The van der Waals surface area contributed by atoms with Crippen LogP contribution < -0.4 is 0 Å². The molecule has 1 aliphatic heterocycles. The molecule has 24 heavy (non-hydrogen) atoms. The Morgan fingerprint density at radius 2 is 2.00 bits per heavy atom. The van der Waals surface area contributed by atoms with E-state index in [-0.39, 0.29) is 5.91 Å². The van der Waals surface area contributed by atoms with Gasteiger partial charge in [-0.25, -0.2) is 0 Å². The Morgan fingerprint density at radius 1 is 1.21 bits per heavy atom. The Balaban J connectivity index is 1.49. The minimum Gasteiger partial charge on any atom is -0.339 e. The summed E-state index contributed by atoms with van der Waals surface area (Å²) in [5.74, 6) is 1.54. The van der Waals surface area contributed by atoms with E-state index >= 15 is 0 Å². The minimum absolute atomic E-state index is 0.168. The lowest BCUT2D eigenvalue weighted by Crippen LogP contribution is -2.38. The smallest absolute Gasteiger partial charge is 0.254 e. The fraction of sp³-hybridized carbons (Fsp3) is 0.389. The quantitative estimate of drug-likeness (QED) is 0.718. The van der Waals surface area contributed by atoms with Gasteiger partial charge >= 0.3 is 0 Å². The topological polar surface area (TPSA) is 50.5 Å². The van der Waals surface area contributed by atoms with Gasteiger partial charge in [0.05, 0.1) is 5.56 Å². The van der Waals surface area contributed by atoms with Crippen LogP contribution in [0.25, 0.3) is 5.65 Å². The van der Waals surface area contributed by atoms with E-state index in [1.807, 2.05) is 42.3 Å². The van der Waals surface area contributed by atoms with E-state index in [9.17, 15) is 4.79 Å². The van der Waals surface area contributed by atoms with Crippen LogP contribution >= 0.6 is 11.3 Å². The molecule has 0 atom stereocenters. The average molecular weight is 340 g/mol. The van der Waals surface area contributed by atoms with Gasteiger partial charge in [-0.3, -0.25) is 9.20 Å². The first-order chi connectivity index (χ1) is 11.6. The average Bonchev–Trinajstić information content (AvgIpc) is 3.17. The van der Waals surface area contributed by atoms with Gasteiger partial charge in [-0.2, -0.15) is 0 Å². The summed E-state index contributed by atoms with van der Waals surface area (Å²) in [7, 11) is 0. The molecule has 0 aromatic carbocycles. The number of fused-ring (bicyclic) bond motifs is 1. The van der Waals surface area contributed by atoms with E-state index in [1.165, 1.54) is 4.88 Å². The summed E-state index contributed by atoms with van der Waals surface area (Å²) in [6, 6.07) is 7.96. The third-order valence-corrected chi connectivity index (χ3v) is 5.72. The molecule has 0 radical (unpaired) electrons. The molecule has 0 aliphatic carbocycles. The van der Waals surface area contributed by atoms with Gasteiger partial charge < -0.3 is 4.90 Å². The first-order valence-corrected chi connectivity index (χ1v) is 9.11. The van der Waals surface area contributed by atoms with Crippen molar-refractivity contribution in [3.63, 3.8) is 0 Å². The third kappa shape index (κ3) is 2.60. The SMILES string of the molecule is Cc1cc(C(=O)N2CCC(c3nnc4ccccn34)CC2)c(C)s1. The van der Waals surface area contributed by atoms with Gasteiger partial charge in [-0.05, 0) is 44.9 Å². The first-order valence-electron chi connectivity index (χ1n) is 8.29. The van der Waals surface area contributed by atoms with Gasteiger partial charge in [0.15, 0.2) is 5.65 Å². The van der Waals surface area contributed by atoms with Crippen molar-refractivity contribution in [2.45, 2.75) is 32.6 Å². The van der Waals surface area contributed by atoms with Crippen molar-refractivity contribution in [3.05, 3.63) is 51.6 Å². The monoisotopic (exact) mass is 340 g/mol. The molecule has 5 nitrogen and oxygen atoms in total. The molecule has 0 spiro atoms. The molecule has 4 heterocycles. The number of likely N-dealkylation sites (tertiary alicyclic amines) is 1. The van der Waals surface area contributed by atoms with Gasteiger partial charge in [0.2, 0.25) is 0 Å². The highest BCUT2D eigenvalue weighted by atomic mass is 32.1. The zero-order chi connectivity index (χ0) is 16.7. The van der Waals surface area contributed by atoms with Crippen molar-refractivity contribution in [1.29, 1.82) is 0 Å². The van der Waals surface area contributed by atoms with E-state index in [0.717, 1.165) is 47.8 Å². The molecular formula is C18H20N4OS. The summed E-state index contributed by atoms with van der Waals surface area (Å²) < 4.78 is 2.06. The van der Waals surface area contributed by atoms with Crippen molar-refractivity contribution in [2.75, 3.05) is 13.1 Å². The highest BCUT2D eigenvalue weighted by molar-refractivity contribution is 7.12. The normalized spacial score (nSPS) is 16.0. The number of rotatable bonds is 2. The fourth-order valence-electron chi connectivity index (χ4n) is 3.49. The van der Waals surface area contributed by atoms with E-state index in [4.69, 9.17) is 0 Å². The molecular weight excluding hydrogens is 320 g/mol. The summed E-state index contributed by atoms with van der Waals surface area (Å²) in [4.78, 5) is 17.0. The highest BCUT2D eigenvalue weighted by Crippen LogP contribution is 2.29. The maximum atomic E-state index is 12.7. The number of pyridine rings is 1. The van der Waals surface area contributed by atoms with Crippen molar-refractivity contribution < 1.29 is 4.79 Å². The Morgan fingerprint density at radius 3 is 2.71 bits per heavy atom. The molecule has 1 fully saturated rings. The first kappa shape index (κ1) is 15.3. The van der Waals surface area contributed by atoms with Crippen molar-refractivity contribution >= 4 is 22.9 Å². The zero-order valence-corrected chi connectivity index (χ0v) is 14.7. The van der Waals surface area contributed by atoms with Gasteiger partial charge in [0.25, 0.3) is 5.91 Å². The van der Waals surface area contributed by atoms with Gasteiger partial charge in [0, 0.05) is 35.0 Å². The maximum Gasteiger partial charge on any atom is 0.254 e. The number of aromatic nitrogens is 3. The Labute approximate surface area is 144 Å². The zero-order valence-electron chi connectivity index (χ0n) is 13.9. The fourth-order valence-corrected chi connectivity index (χ4v) is 4.41. The van der Waals surface area contributed by atoms with Crippen LogP contribution in [0.2, 0.25) is 0 Å². The van der Waals surface area contributed by atoms with Crippen LogP contribution in [0.1, 0.15) is 44.7 Å². The number of nitrogens with zero attached hydrogens (tertiary/aromatic N) is 4. The largest absolute Gasteiger partial charge is 0.339 e. The van der Waals surface area contributed by atoms with Crippen LogP contribution in [-0.4, -0.2) is 38.5 Å². The van der Waals surface area contributed by atoms with E-state index in [1.54, 1.807) is 11.3 Å². The highest BCUT2D eigenvalue weighted by Gasteiger charge is 2.28. The second-order valence-electron chi connectivity index (χ2n) is 6.38. The van der Waals surface area contributed by atoms with Crippen LogP contribution in [0.3, 0.4) is 0 Å². The molecule has 0 unspecified atom stereocenters. The number of amides is 1. The second kappa shape index (κ2) is 6.02. The molecule has 6 heteroatoms. The number of hydrogen-bond donors (Lipinski definition) is 0. The Hall–Kier alpha value is -2.21. The third-order valence-electron chi connectivity index (χ3n) is 4.76. The minimum atomic E-state index is 0.168. The summed E-state index contributed by atoms with van der Waals surface area (Å²) in [6.45, 7) is 5.64. The van der Waals surface area contributed by atoms with E-state index < -0.39 is 0 Å². The summed E-state index contributed by atoms with van der Waals surface area (Å²) in [6.07, 6.45) is 3.88. The van der Waals surface area contributed by atoms with Gasteiger partial charge in [-0.1, -0.05) is 6.07 Å². The van der Waals surface area contributed by atoms with E-state index in [2.05, 4.69) is 21.5 Å². The van der Waals surface area contributed by atoms with Crippen molar-refractivity contribution in [1.82, 2.24) is 19.5 Å². The number of aryl methyl sites for hydroxylation is 2. The number of carbonyl (C=O) groups excluding carboxylic acids is 1. The lowest BCUT2D eigenvalue weighted by atomic mass is 9.95. The maximum absolute atomic E-state index is 12.7. The summed E-state index contributed by atoms with van der Waals surface area (Å²) in [5, 5.41) is 8.62. The van der Waals surface area contributed by atoms with Gasteiger partial charge in [-0.15, -0.1) is 21.5 Å². The molecule has 124 valence electrons. The molecule has 1 aliphatic rings. The molecule has 1 amide bonds. The number of hydrogen-bond acceptors (Lipinski definition) is 4. The summed E-state index contributed by atoms with van der Waals surface area (Å²) in [5.41, 5.74) is 1.75. The second-order valence-corrected chi connectivity index (χ2v) is 7.84. The standard InChI is InChI=1S/C18H20N4OS/c1-12-11-15(13(2)24-12)18(23)21-9-6-14(7-10-21)17-20-19-16-5-3-4-8-22(16)17/h3-5,8,11,14H,6-7,9-10H2,1-2H3. The number of thiophene rings is 1. The van der Waals surface area contributed by atoms with Crippen LogP contribution in [0.5, 0.6) is 0 Å². The number of carbonyl (C=O) groups is 1. The van der Waals surface area contributed by atoms with Crippen LogP contribution in [0.15, 0.2) is 30.5 Å². The van der Waals surface area contributed by atoms with Crippen LogP contribution in [-0.2, 0) is 0 Å². The Kier molecular flexibility index (Phi) is 3.84. The Bertz CT molecular complexity index is 889. The van der Waals surface area contributed by atoms with Crippen molar-refractivity contribution in [2.24, 2.45) is 0 Å². The molecule has 4 rings (SSSR count). The summed E-state index contributed by atoms with van der Waals surface area (Å²) >= 11 is 1.69. The molecule has 1 saturated heterocycles. The van der Waals surface area contributed by atoms with Gasteiger partial charge in [0.1, 0.15) is 5.82 Å². The van der Waals surface area contributed by atoms with E-state index in [0.29, 0.717) is 5.92 Å². The lowest BCUT2D eigenvalue weighted by Gasteiger charge is -2.31. The number of piperidine rings is 1. The molecule has 3 aromatic rings. The molecule has 0 saturated carbocycles. The lowest BCUT2D eigenvalue weighted by molar-refractivity contribution is 0.0710. The molecule has 0 bridgehead atoms. The van der Waals surface area contributed by atoms with Crippen LogP contribution in [0.4, 0.5) is 0 Å². The molecule has 0 N–H and O–H groups in total. The predicted molar refractivity (Wildman–Crippen MR) is 94.7 cm³/mol. The van der Waals surface area contributed by atoms with Crippen LogP contribution in [0, 0.1) is 13.8 Å². The van der Waals surface area contributed by atoms with Crippen molar-refractivity contribution in [3.8, 4) is 0 Å². The predicted octanol–water partition coefficient (Wildman–Crippen LogP) is 3.43.